The zero-order valence-corrected chi connectivity index (χ0v) is 12.7. The van der Waals surface area contributed by atoms with Gasteiger partial charge in [-0.1, -0.05) is 29.8 Å². The lowest BCUT2D eigenvalue weighted by molar-refractivity contribution is 0.204. The Morgan fingerprint density at radius 2 is 1.90 bits per heavy atom. The predicted octanol–water partition coefficient (Wildman–Crippen LogP) is 4.37. The van der Waals surface area contributed by atoms with Crippen LogP contribution in [0.1, 0.15) is 17.2 Å². The number of nitrogens with zero attached hydrogens (tertiary/aromatic N) is 1. The highest BCUT2D eigenvalue weighted by Gasteiger charge is 2.09. The lowest BCUT2D eigenvalue weighted by Crippen LogP contribution is -2.00. The summed E-state index contributed by atoms with van der Waals surface area (Å²) in [5.41, 5.74) is 3.15. The molecule has 0 saturated heterocycles. The van der Waals surface area contributed by atoms with Gasteiger partial charge in [-0.15, -0.1) is 11.8 Å². The van der Waals surface area contributed by atoms with Crippen molar-refractivity contribution in [1.82, 2.24) is 4.98 Å². The molecular formula is C18H17NOS. The molecule has 3 rings (SSSR count). The van der Waals surface area contributed by atoms with Gasteiger partial charge in [0.15, 0.2) is 0 Å². The van der Waals surface area contributed by atoms with E-state index in [1.165, 1.54) is 10.5 Å². The Morgan fingerprint density at radius 1 is 1.10 bits per heavy atom. The Kier molecular flexibility index (Phi) is 4.23. The molecule has 0 spiro atoms. The van der Waals surface area contributed by atoms with E-state index in [1.807, 2.05) is 30.3 Å². The summed E-state index contributed by atoms with van der Waals surface area (Å²) in [7, 11) is 0. The SMILES string of the molecule is Cc1ccc(SCC(O)c2ccc3ncccc3c2)cc1. The van der Waals surface area contributed by atoms with Crippen LogP contribution in [0.3, 0.4) is 0 Å². The number of hydrogen-bond acceptors (Lipinski definition) is 3. The Hall–Kier alpha value is -1.84. The first-order valence-corrected chi connectivity index (χ1v) is 7.93. The van der Waals surface area contributed by atoms with E-state index in [9.17, 15) is 5.11 Å². The van der Waals surface area contributed by atoms with Crippen LogP contribution >= 0.6 is 11.8 Å². The normalized spacial score (nSPS) is 12.5. The minimum atomic E-state index is -0.471. The van der Waals surface area contributed by atoms with Crippen LogP contribution in [0.4, 0.5) is 0 Å². The van der Waals surface area contributed by atoms with Crippen molar-refractivity contribution in [1.29, 1.82) is 0 Å². The molecule has 2 aromatic carbocycles. The quantitative estimate of drug-likeness (QED) is 0.726. The number of aliphatic hydroxyl groups excluding tert-OH is 1. The fraction of sp³-hybridized carbons (Fsp3) is 0.167. The minimum absolute atomic E-state index is 0.471. The van der Waals surface area contributed by atoms with Crippen molar-refractivity contribution in [2.75, 3.05) is 5.75 Å². The number of aliphatic hydroxyl groups is 1. The second-order valence-electron chi connectivity index (χ2n) is 5.10. The van der Waals surface area contributed by atoms with Crippen molar-refractivity contribution >= 4 is 22.7 Å². The van der Waals surface area contributed by atoms with Crippen LogP contribution in [0.2, 0.25) is 0 Å². The molecule has 2 nitrogen and oxygen atoms in total. The molecule has 0 aliphatic rings. The van der Waals surface area contributed by atoms with Crippen LogP contribution in [0.5, 0.6) is 0 Å². The Labute approximate surface area is 128 Å². The Bertz CT molecular complexity index is 740. The molecule has 0 aliphatic heterocycles. The largest absolute Gasteiger partial charge is 0.388 e. The average Bonchev–Trinajstić information content (AvgIpc) is 2.53. The maximum Gasteiger partial charge on any atom is 0.0884 e. The van der Waals surface area contributed by atoms with E-state index in [0.717, 1.165) is 16.5 Å². The number of pyridine rings is 1. The minimum Gasteiger partial charge on any atom is -0.388 e. The summed E-state index contributed by atoms with van der Waals surface area (Å²) in [6.07, 6.45) is 1.31. The number of thioether (sulfide) groups is 1. The highest BCUT2D eigenvalue weighted by Crippen LogP contribution is 2.26. The molecule has 1 atom stereocenters. The van der Waals surface area contributed by atoms with Gasteiger partial charge in [-0.25, -0.2) is 0 Å². The summed E-state index contributed by atoms with van der Waals surface area (Å²) in [5, 5.41) is 11.4. The molecule has 3 heteroatoms. The standard InChI is InChI=1S/C18H17NOS/c1-13-4-7-16(8-5-13)21-12-18(20)15-6-9-17-14(11-15)3-2-10-19-17/h2-11,18,20H,12H2,1H3. The summed E-state index contributed by atoms with van der Waals surface area (Å²) in [4.78, 5) is 5.48. The first-order valence-electron chi connectivity index (χ1n) is 6.94. The second kappa shape index (κ2) is 6.29. The van der Waals surface area contributed by atoms with E-state index in [4.69, 9.17) is 0 Å². The van der Waals surface area contributed by atoms with Crippen LogP contribution < -0.4 is 0 Å². The van der Waals surface area contributed by atoms with Gasteiger partial charge >= 0.3 is 0 Å². The van der Waals surface area contributed by atoms with E-state index >= 15 is 0 Å². The molecule has 3 aromatic rings. The highest BCUT2D eigenvalue weighted by molar-refractivity contribution is 7.99. The van der Waals surface area contributed by atoms with Gasteiger partial charge in [0.25, 0.3) is 0 Å². The van der Waals surface area contributed by atoms with Crippen molar-refractivity contribution in [3.05, 3.63) is 71.9 Å². The van der Waals surface area contributed by atoms with Crippen molar-refractivity contribution in [3.63, 3.8) is 0 Å². The second-order valence-corrected chi connectivity index (χ2v) is 6.19. The van der Waals surface area contributed by atoms with Crippen molar-refractivity contribution in [2.24, 2.45) is 0 Å². The van der Waals surface area contributed by atoms with Crippen molar-refractivity contribution < 1.29 is 5.11 Å². The first-order chi connectivity index (χ1) is 10.2. The van der Waals surface area contributed by atoms with Gasteiger partial charge in [-0.3, -0.25) is 4.98 Å². The van der Waals surface area contributed by atoms with E-state index < -0.39 is 6.10 Å². The number of benzene rings is 2. The third-order valence-corrected chi connectivity index (χ3v) is 4.53. The molecule has 1 heterocycles. The molecule has 0 fully saturated rings. The lowest BCUT2D eigenvalue weighted by Gasteiger charge is -2.11. The fourth-order valence-corrected chi connectivity index (χ4v) is 3.08. The molecule has 1 N–H and O–H groups in total. The van der Waals surface area contributed by atoms with Gasteiger partial charge in [0, 0.05) is 22.2 Å². The van der Waals surface area contributed by atoms with Gasteiger partial charge in [0.2, 0.25) is 0 Å². The van der Waals surface area contributed by atoms with Gasteiger partial charge in [0.1, 0.15) is 0 Å². The highest BCUT2D eigenvalue weighted by atomic mass is 32.2. The molecule has 106 valence electrons. The topological polar surface area (TPSA) is 33.1 Å². The number of aromatic nitrogens is 1. The van der Waals surface area contributed by atoms with Gasteiger partial charge in [-0.05, 0) is 42.8 Å². The van der Waals surface area contributed by atoms with Crippen LogP contribution in [0.15, 0.2) is 65.7 Å². The molecule has 21 heavy (non-hydrogen) atoms. The van der Waals surface area contributed by atoms with Crippen molar-refractivity contribution in [3.8, 4) is 0 Å². The molecule has 0 amide bonds. The maximum absolute atomic E-state index is 10.4. The molecule has 0 saturated carbocycles. The maximum atomic E-state index is 10.4. The van der Waals surface area contributed by atoms with Gasteiger partial charge in [-0.2, -0.15) is 0 Å². The summed E-state index contributed by atoms with van der Waals surface area (Å²) in [5.74, 6) is 0.648. The smallest absolute Gasteiger partial charge is 0.0884 e. The summed E-state index contributed by atoms with van der Waals surface area (Å²) >= 11 is 1.67. The predicted molar refractivity (Wildman–Crippen MR) is 88.6 cm³/mol. The van der Waals surface area contributed by atoms with E-state index in [2.05, 4.69) is 36.2 Å². The first kappa shape index (κ1) is 14.1. The molecular weight excluding hydrogens is 278 g/mol. The number of hydrogen-bond donors (Lipinski definition) is 1. The van der Waals surface area contributed by atoms with Crippen LogP contribution in [0.25, 0.3) is 10.9 Å². The number of rotatable bonds is 4. The molecule has 0 bridgehead atoms. The zero-order chi connectivity index (χ0) is 14.7. The lowest BCUT2D eigenvalue weighted by atomic mass is 10.1. The van der Waals surface area contributed by atoms with Crippen LogP contribution in [-0.2, 0) is 0 Å². The van der Waals surface area contributed by atoms with Crippen LogP contribution in [-0.4, -0.2) is 15.8 Å². The average molecular weight is 295 g/mol. The fourth-order valence-electron chi connectivity index (χ4n) is 2.21. The van der Waals surface area contributed by atoms with E-state index in [-0.39, 0.29) is 0 Å². The molecule has 1 aromatic heterocycles. The third kappa shape index (κ3) is 3.43. The Morgan fingerprint density at radius 3 is 2.71 bits per heavy atom. The number of aryl methyl sites for hydroxylation is 1. The van der Waals surface area contributed by atoms with Crippen LogP contribution in [0, 0.1) is 6.92 Å². The molecule has 1 unspecified atom stereocenters. The molecule has 0 aliphatic carbocycles. The monoisotopic (exact) mass is 295 g/mol. The van der Waals surface area contributed by atoms with Gasteiger partial charge in [0.05, 0.1) is 11.6 Å². The Balaban J connectivity index is 1.71. The third-order valence-electron chi connectivity index (χ3n) is 3.44. The van der Waals surface area contributed by atoms with Crippen molar-refractivity contribution in [2.45, 2.75) is 17.9 Å². The molecule has 0 radical (unpaired) electrons. The van der Waals surface area contributed by atoms with E-state index in [0.29, 0.717) is 5.75 Å². The summed E-state index contributed by atoms with van der Waals surface area (Å²) in [6, 6.07) is 18.2. The summed E-state index contributed by atoms with van der Waals surface area (Å²) in [6.45, 7) is 2.08. The van der Waals surface area contributed by atoms with Gasteiger partial charge < -0.3 is 5.11 Å². The number of fused-ring (bicyclic) bond motifs is 1. The zero-order valence-electron chi connectivity index (χ0n) is 11.9. The van der Waals surface area contributed by atoms with E-state index in [1.54, 1.807) is 18.0 Å². The summed E-state index contributed by atoms with van der Waals surface area (Å²) < 4.78 is 0.